The highest BCUT2D eigenvalue weighted by molar-refractivity contribution is 7.89. The van der Waals surface area contributed by atoms with Gasteiger partial charge in [-0.3, -0.25) is 9.59 Å². The summed E-state index contributed by atoms with van der Waals surface area (Å²) in [4.78, 5) is 27.7. The molecule has 1 fully saturated rings. The molecule has 2 aromatic carbocycles. The fourth-order valence-corrected chi connectivity index (χ4v) is 5.68. The van der Waals surface area contributed by atoms with E-state index in [1.165, 1.54) is 11.8 Å². The van der Waals surface area contributed by atoms with Crippen molar-refractivity contribution in [2.45, 2.75) is 24.3 Å². The summed E-state index contributed by atoms with van der Waals surface area (Å²) >= 11 is 0. The lowest BCUT2D eigenvalue weighted by Gasteiger charge is -2.37. The molecule has 10 heteroatoms. The van der Waals surface area contributed by atoms with Crippen molar-refractivity contribution in [2.24, 2.45) is 0 Å². The fraction of sp³-hybridized carbons (Fsp3) is 0.304. The van der Waals surface area contributed by atoms with Crippen LogP contribution < -0.4 is 0 Å². The molecular weight excluding hydrogens is 452 g/mol. The van der Waals surface area contributed by atoms with Gasteiger partial charge < -0.3 is 9.80 Å². The number of benzene rings is 2. The minimum Gasteiger partial charge on any atom is -0.340 e. The van der Waals surface area contributed by atoms with Gasteiger partial charge in [0.1, 0.15) is 16.5 Å². The maximum atomic E-state index is 14.0. The standard InChI is InChI=1S/C23H23F2N3O4S/c1-16(29)28-9-8-17-4-2-3-5-19(17)21(28)15-23(30)26-10-12-27(13-11-26)33(31,32)22-7-6-18(24)14-20(22)25/h2-9,14,21H,10-13,15H2,1H3/t21-/m1/s1. The molecule has 0 spiro atoms. The maximum Gasteiger partial charge on any atom is 0.246 e. The number of nitrogens with zero attached hydrogens (tertiary/aromatic N) is 3. The van der Waals surface area contributed by atoms with Crippen LogP contribution in [0.2, 0.25) is 0 Å². The van der Waals surface area contributed by atoms with E-state index in [0.717, 1.165) is 27.6 Å². The number of carbonyl (C=O) groups is 2. The van der Waals surface area contributed by atoms with Gasteiger partial charge >= 0.3 is 0 Å². The summed E-state index contributed by atoms with van der Waals surface area (Å²) in [5, 5.41) is 0. The summed E-state index contributed by atoms with van der Waals surface area (Å²) in [5.41, 5.74) is 1.81. The Bertz CT molecular complexity index is 1220. The molecule has 0 bridgehead atoms. The molecular formula is C23H23F2N3O4S. The van der Waals surface area contributed by atoms with E-state index in [-0.39, 0.29) is 44.4 Å². The van der Waals surface area contributed by atoms with Gasteiger partial charge in [0.2, 0.25) is 21.8 Å². The van der Waals surface area contributed by atoms with Crippen molar-refractivity contribution in [3.05, 3.63) is 71.4 Å². The molecule has 1 saturated heterocycles. The lowest BCUT2D eigenvalue weighted by Crippen LogP contribution is -2.51. The second-order valence-corrected chi connectivity index (χ2v) is 9.86. The smallest absolute Gasteiger partial charge is 0.246 e. The Morgan fingerprint density at radius 2 is 1.73 bits per heavy atom. The van der Waals surface area contributed by atoms with Crippen LogP contribution in [-0.2, 0) is 19.6 Å². The molecule has 7 nitrogen and oxygen atoms in total. The Balaban J connectivity index is 1.45. The van der Waals surface area contributed by atoms with Crippen LogP contribution in [0.5, 0.6) is 0 Å². The average Bonchev–Trinajstić information content (AvgIpc) is 2.79. The molecule has 2 amide bonds. The molecule has 2 aliphatic rings. The fourth-order valence-electron chi connectivity index (χ4n) is 4.21. The van der Waals surface area contributed by atoms with Gasteiger partial charge in [0, 0.05) is 45.4 Å². The van der Waals surface area contributed by atoms with Crippen LogP contribution in [0.3, 0.4) is 0 Å². The van der Waals surface area contributed by atoms with E-state index in [9.17, 15) is 26.8 Å². The van der Waals surface area contributed by atoms with Crippen LogP contribution in [0.1, 0.15) is 30.5 Å². The first-order chi connectivity index (χ1) is 15.7. The number of halogens is 2. The SMILES string of the molecule is CC(=O)N1C=Cc2ccccc2[C@H]1CC(=O)N1CCN(S(=O)(=O)c2ccc(F)cc2F)CC1. The first-order valence-electron chi connectivity index (χ1n) is 10.5. The van der Waals surface area contributed by atoms with Gasteiger partial charge in [0.15, 0.2) is 0 Å². The molecule has 0 unspecified atom stereocenters. The lowest BCUT2D eigenvalue weighted by molar-refractivity contribution is -0.135. The van der Waals surface area contributed by atoms with Gasteiger partial charge in [-0.1, -0.05) is 24.3 Å². The Labute approximate surface area is 190 Å². The highest BCUT2D eigenvalue weighted by atomic mass is 32.2. The zero-order valence-electron chi connectivity index (χ0n) is 17.9. The summed E-state index contributed by atoms with van der Waals surface area (Å²) in [7, 11) is -4.15. The van der Waals surface area contributed by atoms with Gasteiger partial charge in [-0.25, -0.2) is 17.2 Å². The quantitative estimate of drug-likeness (QED) is 0.682. The molecule has 0 radical (unpaired) electrons. The summed E-state index contributed by atoms with van der Waals surface area (Å²) < 4.78 is 53.8. The molecule has 2 aliphatic heterocycles. The van der Waals surface area contributed by atoms with E-state index in [1.54, 1.807) is 11.1 Å². The summed E-state index contributed by atoms with van der Waals surface area (Å²) in [6.45, 7) is 1.68. The highest BCUT2D eigenvalue weighted by Gasteiger charge is 2.34. The minimum absolute atomic E-state index is 0.0114. The highest BCUT2D eigenvalue weighted by Crippen LogP contribution is 2.33. The van der Waals surface area contributed by atoms with E-state index >= 15 is 0 Å². The lowest BCUT2D eigenvalue weighted by atomic mass is 9.93. The van der Waals surface area contributed by atoms with Crippen molar-refractivity contribution >= 4 is 27.9 Å². The predicted molar refractivity (Wildman–Crippen MR) is 117 cm³/mol. The van der Waals surface area contributed by atoms with Crippen LogP contribution in [0.4, 0.5) is 8.78 Å². The number of hydrogen-bond donors (Lipinski definition) is 0. The third-order valence-corrected chi connectivity index (χ3v) is 7.87. The van der Waals surface area contributed by atoms with Gasteiger partial charge in [-0.15, -0.1) is 0 Å². The van der Waals surface area contributed by atoms with Crippen LogP contribution in [-0.4, -0.2) is 60.5 Å². The van der Waals surface area contributed by atoms with Crippen molar-refractivity contribution in [1.29, 1.82) is 0 Å². The molecule has 174 valence electrons. The van der Waals surface area contributed by atoms with E-state index in [2.05, 4.69) is 0 Å². The zero-order chi connectivity index (χ0) is 23.8. The van der Waals surface area contributed by atoms with Crippen molar-refractivity contribution < 1.29 is 26.8 Å². The maximum absolute atomic E-state index is 14.0. The first kappa shape index (κ1) is 23.1. The average molecular weight is 476 g/mol. The van der Waals surface area contributed by atoms with Gasteiger partial charge in [0.05, 0.1) is 12.5 Å². The molecule has 33 heavy (non-hydrogen) atoms. The molecule has 0 N–H and O–H groups in total. The minimum atomic E-state index is -4.15. The molecule has 2 aromatic rings. The third kappa shape index (κ3) is 4.53. The summed E-state index contributed by atoms with van der Waals surface area (Å²) in [6, 6.07) is 9.42. The molecule has 2 heterocycles. The number of amides is 2. The topological polar surface area (TPSA) is 78.0 Å². The predicted octanol–water partition coefficient (Wildman–Crippen LogP) is 2.76. The van der Waals surface area contributed by atoms with Crippen molar-refractivity contribution in [2.75, 3.05) is 26.2 Å². The van der Waals surface area contributed by atoms with Gasteiger partial charge in [0.25, 0.3) is 0 Å². The number of carbonyl (C=O) groups excluding carboxylic acids is 2. The summed E-state index contributed by atoms with van der Waals surface area (Å²) in [5.74, 6) is -2.40. The van der Waals surface area contributed by atoms with Crippen LogP contribution in [0.15, 0.2) is 53.6 Å². The van der Waals surface area contributed by atoms with E-state index in [1.807, 2.05) is 30.3 Å². The van der Waals surface area contributed by atoms with Gasteiger partial charge in [-0.2, -0.15) is 4.31 Å². The zero-order valence-corrected chi connectivity index (χ0v) is 18.8. The number of sulfonamides is 1. The van der Waals surface area contributed by atoms with Crippen molar-refractivity contribution in [3.8, 4) is 0 Å². The van der Waals surface area contributed by atoms with Gasteiger partial charge in [-0.05, 0) is 29.3 Å². The molecule has 0 saturated carbocycles. The van der Waals surface area contributed by atoms with Crippen LogP contribution in [0.25, 0.3) is 6.08 Å². The Morgan fingerprint density at radius 3 is 2.39 bits per heavy atom. The third-order valence-electron chi connectivity index (χ3n) is 5.94. The molecule has 4 rings (SSSR count). The van der Waals surface area contributed by atoms with E-state index < -0.39 is 32.6 Å². The number of piperazine rings is 1. The summed E-state index contributed by atoms with van der Waals surface area (Å²) in [6.07, 6.45) is 3.56. The second-order valence-electron chi connectivity index (χ2n) is 7.95. The largest absolute Gasteiger partial charge is 0.340 e. The van der Waals surface area contributed by atoms with Crippen LogP contribution in [0, 0.1) is 11.6 Å². The Hall–Kier alpha value is -3.11. The monoisotopic (exact) mass is 475 g/mol. The molecule has 1 atom stereocenters. The number of hydrogen-bond acceptors (Lipinski definition) is 4. The van der Waals surface area contributed by atoms with E-state index in [4.69, 9.17) is 0 Å². The Morgan fingerprint density at radius 1 is 1.03 bits per heavy atom. The van der Waals surface area contributed by atoms with Crippen LogP contribution >= 0.6 is 0 Å². The number of rotatable bonds is 4. The van der Waals surface area contributed by atoms with Crippen molar-refractivity contribution in [3.63, 3.8) is 0 Å². The Kier molecular flexibility index (Phi) is 6.31. The first-order valence-corrected chi connectivity index (χ1v) is 11.9. The van der Waals surface area contributed by atoms with E-state index in [0.29, 0.717) is 6.07 Å². The van der Waals surface area contributed by atoms with Crippen molar-refractivity contribution in [1.82, 2.24) is 14.1 Å². The molecule has 0 aromatic heterocycles. The molecule has 0 aliphatic carbocycles. The second kappa shape index (κ2) is 9.03. The normalized spacial score (nSPS) is 18.8. The number of fused-ring (bicyclic) bond motifs is 1.